The Bertz CT molecular complexity index is 106. The number of hydrogen-bond donors (Lipinski definition) is 1. The fraction of sp³-hybridized carbons (Fsp3) is 1.00. The topological polar surface area (TPSA) is 38.7 Å². The van der Waals surface area contributed by atoms with E-state index < -0.39 is 0 Å². The van der Waals surface area contributed by atoms with Crippen molar-refractivity contribution in [3.63, 3.8) is 0 Å². The fourth-order valence-corrected chi connectivity index (χ4v) is 0.982. The van der Waals surface area contributed by atoms with Crippen LogP contribution in [0.4, 0.5) is 0 Å². The standard InChI is InChI=1S/C10H22O3/c1-4-6-12-7-8-13-9(3)10(11)5-2/h9-11H,4-8H2,1-3H3. The van der Waals surface area contributed by atoms with Crippen LogP contribution >= 0.6 is 0 Å². The molecule has 0 aromatic rings. The van der Waals surface area contributed by atoms with Crippen LogP contribution < -0.4 is 0 Å². The second-order valence-electron chi connectivity index (χ2n) is 3.16. The van der Waals surface area contributed by atoms with Crippen LogP contribution in [0.25, 0.3) is 0 Å². The zero-order valence-electron chi connectivity index (χ0n) is 8.95. The van der Waals surface area contributed by atoms with Gasteiger partial charge in [-0.2, -0.15) is 0 Å². The van der Waals surface area contributed by atoms with E-state index in [-0.39, 0.29) is 12.2 Å². The number of ether oxygens (including phenoxy) is 2. The van der Waals surface area contributed by atoms with Gasteiger partial charge < -0.3 is 14.6 Å². The number of hydrogen-bond acceptors (Lipinski definition) is 3. The molecule has 0 aliphatic carbocycles. The molecule has 0 saturated heterocycles. The van der Waals surface area contributed by atoms with Gasteiger partial charge in [0, 0.05) is 6.61 Å². The summed E-state index contributed by atoms with van der Waals surface area (Å²) in [6.07, 6.45) is 1.32. The molecule has 0 bridgehead atoms. The smallest absolute Gasteiger partial charge is 0.0806 e. The summed E-state index contributed by atoms with van der Waals surface area (Å²) in [6.45, 7) is 7.87. The fourth-order valence-electron chi connectivity index (χ4n) is 0.982. The van der Waals surface area contributed by atoms with Gasteiger partial charge in [0.25, 0.3) is 0 Å². The lowest BCUT2D eigenvalue weighted by Gasteiger charge is -2.17. The molecule has 0 fully saturated rings. The number of rotatable bonds is 8. The molecule has 0 heterocycles. The van der Waals surface area contributed by atoms with Gasteiger partial charge in [-0.05, 0) is 19.8 Å². The molecule has 0 saturated carbocycles. The van der Waals surface area contributed by atoms with E-state index in [9.17, 15) is 5.11 Å². The summed E-state index contributed by atoms with van der Waals surface area (Å²) in [4.78, 5) is 0. The van der Waals surface area contributed by atoms with Gasteiger partial charge in [-0.1, -0.05) is 13.8 Å². The highest BCUT2D eigenvalue weighted by Gasteiger charge is 2.11. The first-order valence-electron chi connectivity index (χ1n) is 5.09. The Morgan fingerprint density at radius 3 is 2.38 bits per heavy atom. The molecule has 13 heavy (non-hydrogen) atoms. The van der Waals surface area contributed by atoms with Gasteiger partial charge >= 0.3 is 0 Å². The molecule has 0 aromatic heterocycles. The zero-order chi connectivity index (χ0) is 10.1. The summed E-state index contributed by atoms with van der Waals surface area (Å²) >= 11 is 0. The van der Waals surface area contributed by atoms with Crippen molar-refractivity contribution in [3.8, 4) is 0 Å². The molecule has 0 aromatic carbocycles. The molecular weight excluding hydrogens is 168 g/mol. The maximum absolute atomic E-state index is 9.36. The molecule has 0 rings (SSSR count). The summed E-state index contributed by atoms with van der Waals surface area (Å²) < 4.78 is 10.6. The summed E-state index contributed by atoms with van der Waals surface area (Å²) in [7, 11) is 0. The van der Waals surface area contributed by atoms with Gasteiger partial charge in [-0.25, -0.2) is 0 Å². The van der Waals surface area contributed by atoms with E-state index in [1.807, 2.05) is 13.8 Å². The van der Waals surface area contributed by atoms with E-state index in [1.54, 1.807) is 0 Å². The lowest BCUT2D eigenvalue weighted by Crippen LogP contribution is -2.26. The molecule has 0 amide bonds. The van der Waals surface area contributed by atoms with Crippen molar-refractivity contribution in [1.29, 1.82) is 0 Å². The highest BCUT2D eigenvalue weighted by molar-refractivity contribution is 4.60. The molecule has 0 radical (unpaired) electrons. The average molecular weight is 190 g/mol. The van der Waals surface area contributed by atoms with Crippen molar-refractivity contribution in [1.82, 2.24) is 0 Å². The first-order chi connectivity index (χ1) is 6.22. The largest absolute Gasteiger partial charge is 0.390 e. The summed E-state index contributed by atoms with van der Waals surface area (Å²) in [5, 5.41) is 9.36. The summed E-state index contributed by atoms with van der Waals surface area (Å²) in [5.41, 5.74) is 0. The van der Waals surface area contributed by atoms with Crippen molar-refractivity contribution >= 4 is 0 Å². The molecular formula is C10H22O3. The van der Waals surface area contributed by atoms with Crippen molar-refractivity contribution in [3.05, 3.63) is 0 Å². The number of aliphatic hydroxyl groups excluding tert-OH is 1. The van der Waals surface area contributed by atoms with Gasteiger partial charge in [0.2, 0.25) is 0 Å². The van der Waals surface area contributed by atoms with E-state index >= 15 is 0 Å². The lowest BCUT2D eigenvalue weighted by atomic mass is 10.2. The molecule has 80 valence electrons. The third-order valence-electron chi connectivity index (χ3n) is 1.92. The maximum atomic E-state index is 9.36. The van der Waals surface area contributed by atoms with Crippen LogP contribution in [0.3, 0.4) is 0 Å². The van der Waals surface area contributed by atoms with Crippen LogP contribution in [0.15, 0.2) is 0 Å². The van der Waals surface area contributed by atoms with Gasteiger partial charge in [-0.15, -0.1) is 0 Å². The van der Waals surface area contributed by atoms with Gasteiger partial charge in [-0.3, -0.25) is 0 Å². The molecule has 0 aliphatic heterocycles. The van der Waals surface area contributed by atoms with Crippen LogP contribution in [-0.4, -0.2) is 37.1 Å². The SMILES string of the molecule is CCCOCCOC(C)C(O)CC. The van der Waals surface area contributed by atoms with Crippen molar-refractivity contribution < 1.29 is 14.6 Å². The molecule has 1 N–H and O–H groups in total. The third-order valence-corrected chi connectivity index (χ3v) is 1.92. The first kappa shape index (κ1) is 12.9. The van der Waals surface area contributed by atoms with E-state index in [4.69, 9.17) is 9.47 Å². The Hall–Kier alpha value is -0.120. The summed E-state index contributed by atoms with van der Waals surface area (Å²) in [6, 6.07) is 0. The Morgan fingerprint density at radius 1 is 1.15 bits per heavy atom. The highest BCUT2D eigenvalue weighted by atomic mass is 16.5. The van der Waals surface area contributed by atoms with Crippen LogP contribution in [0, 0.1) is 0 Å². The van der Waals surface area contributed by atoms with E-state index in [0.717, 1.165) is 19.4 Å². The molecule has 2 unspecified atom stereocenters. The van der Waals surface area contributed by atoms with Gasteiger partial charge in [0.15, 0.2) is 0 Å². The Balaban J connectivity index is 3.21. The Kier molecular flexibility index (Phi) is 8.40. The van der Waals surface area contributed by atoms with Crippen LogP contribution in [-0.2, 0) is 9.47 Å². The van der Waals surface area contributed by atoms with Crippen LogP contribution in [0.1, 0.15) is 33.6 Å². The quantitative estimate of drug-likeness (QED) is 0.591. The Morgan fingerprint density at radius 2 is 1.85 bits per heavy atom. The van der Waals surface area contributed by atoms with E-state index in [2.05, 4.69) is 6.92 Å². The highest BCUT2D eigenvalue weighted by Crippen LogP contribution is 2.01. The monoisotopic (exact) mass is 190 g/mol. The second kappa shape index (κ2) is 8.48. The lowest BCUT2D eigenvalue weighted by molar-refractivity contribution is -0.0476. The molecule has 3 nitrogen and oxygen atoms in total. The minimum atomic E-state index is -0.355. The Labute approximate surface area is 81.0 Å². The zero-order valence-corrected chi connectivity index (χ0v) is 8.95. The predicted molar refractivity (Wildman–Crippen MR) is 52.8 cm³/mol. The average Bonchev–Trinajstić information content (AvgIpc) is 2.16. The predicted octanol–water partition coefficient (Wildman–Crippen LogP) is 1.59. The van der Waals surface area contributed by atoms with Crippen LogP contribution in [0.2, 0.25) is 0 Å². The normalized spacial score (nSPS) is 15.7. The third kappa shape index (κ3) is 6.99. The van der Waals surface area contributed by atoms with Gasteiger partial charge in [0.1, 0.15) is 0 Å². The molecule has 0 aliphatic rings. The molecule has 2 atom stereocenters. The maximum Gasteiger partial charge on any atom is 0.0806 e. The molecule has 3 heteroatoms. The summed E-state index contributed by atoms with van der Waals surface area (Å²) in [5.74, 6) is 0. The van der Waals surface area contributed by atoms with E-state index in [0.29, 0.717) is 13.2 Å². The van der Waals surface area contributed by atoms with Crippen molar-refractivity contribution in [2.75, 3.05) is 19.8 Å². The van der Waals surface area contributed by atoms with Crippen LogP contribution in [0.5, 0.6) is 0 Å². The van der Waals surface area contributed by atoms with Gasteiger partial charge in [0.05, 0.1) is 25.4 Å². The second-order valence-corrected chi connectivity index (χ2v) is 3.16. The minimum absolute atomic E-state index is 0.0878. The molecule has 0 spiro atoms. The minimum Gasteiger partial charge on any atom is -0.390 e. The van der Waals surface area contributed by atoms with Crippen molar-refractivity contribution in [2.45, 2.75) is 45.8 Å². The number of aliphatic hydroxyl groups is 1. The van der Waals surface area contributed by atoms with E-state index in [1.165, 1.54) is 0 Å². The first-order valence-corrected chi connectivity index (χ1v) is 5.09. The van der Waals surface area contributed by atoms with Crippen molar-refractivity contribution in [2.24, 2.45) is 0 Å².